The molecule has 1 fully saturated rings. The smallest absolute Gasteiger partial charge is 0.253 e. The number of carbonyl (C=O) groups is 2. The van der Waals surface area contributed by atoms with Gasteiger partial charge in [0.2, 0.25) is 5.91 Å². The Hall–Kier alpha value is -1.85. The first-order valence-corrected chi connectivity index (χ1v) is 6.38. The molecule has 2 amide bonds. The molecular weight excluding hydrogens is 244 g/mol. The van der Waals surface area contributed by atoms with Gasteiger partial charge >= 0.3 is 0 Å². The van der Waals surface area contributed by atoms with Crippen LogP contribution in [0, 0.1) is 5.92 Å². The van der Waals surface area contributed by atoms with Crippen LogP contribution in [0.3, 0.4) is 0 Å². The molecule has 1 aliphatic heterocycles. The van der Waals surface area contributed by atoms with Crippen LogP contribution in [0.4, 0.5) is 5.69 Å². The van der Waals surface area contributed by atoms with Gasteiger partial charge in [-0.2, -0.15) is 5.10 Å². The van der Waals surface area contributed by atoms with Gasteiger partial charge in [0.1, 0.15) is 11.6 Å². The second-order valence-electron chi connectivity index (χ2n) is 5.85. The van der Waals surface area contributed by atoms with E-state index in [0.717, 1.165) is 0 Å². The molecule has 0 bridgehead atoms. The van der Waals surface area contributed by atoms with E-state index in [-0.39, 0.29) is 17.7 Å². The summed E-state index contributed by atoms with van der Waals surface area (Å²) in [7, 11) is 1.79. The molecule has 1 saturated heterocycles. The number of anilines is 1. The summed E-state index contributed by atoms with van der Waals surface area (Å²) in [6.07, 6.45) is 3.36. The molecule has 0 saturated carbocycles. The monoisotopic (exact) mass is 264 g/mol. The Morgan fingerprint density at radius 1 is 1.37 bits per heavy atom. The SMILES string of the molecule is CC(C)C1C(=O)NC(C)(C)C(=O)N1c1cnn(C)c1. The van der Waals surface area contributed by atoms with E-state index in [2.05, 4.69) is 10.4 Å². The van der Waals surface area contributed by atoms with Crippen LogP contribution in [0.2, 0.25) is 0 Å². The molecule has 0 aliphatic carbocycles. The third-order valence-electron chi connectivity index (χ3n) is 3.34. The first-order valence-electron chi connectivity index (χ1n) is 6.38. The fourth-order valence-electron chi connectivity index (χ4n) is 2.39. The Kier molecular flexibility index (Phi) is 3.12. The summed E-state index contributed by atoms with van der Waals surface area (Å²) in [5.74, 6) is -0.206. The second kappa shape index (κ2) is 4.36. The Balaban J connectivity index is 2.49. The lowest BCUT2D eigenvalue weighted by atomic mass is 9.91. The van der Waals surface area contributed by atoms with Gasteiger partial charge in [-0.05, 0) is 19.8 Å². The number of carbonyl (C=O) groups excluding carboxylic acids is 2. The third-order valence-corrected chi connectivity index (χ3v) is 3.34. The summed E-state index contributed by atoms with van der Waals surface area (Å²) in [4.78, 5) is 26.4. The lowest BCUT2D eigenvalue weighted by Crippen LogP contribution is -2.69. The van der Waals surface area contributed by atoms with Gasteiger partial charge in [-0.1, -0.05) is 13.8 Å². The van der Waals surface area contributed by atoms with Crippen molar-refractivity contribution in [3.63, 3.8) is 0 Å². The molecule has 6 heteroatoms. The Labute approximate surface area is 112 Å². The number of piperazine rings is 1. The highest BCUT2D eigenvalue weighted by Crippen LogP contribution is 2.28. The minimum absolute atomic E-state index is 0.0280. The quantitative estimate of drug-likeness (QED) is 0.854. The molecule has 1 aliphatic rings. The molecule has 104 valence electrons. The predicted molar refractivity (Wildman–Crippen MR) is 71.5 cm³/mol. The van der Waals surface area contributed by atoms with Crippen LogP contribution in [-0.2, 0) is 16.6 Å². The van der Waals surface area contributed by atoms with E-state index in [1.54, 1.807) is 42.9 Å². The molecule has 6 nitrogen and oxygen atoms in total. The highest BCUT2D eigenvalue weighted by Gasteiger charge is 2.47. The number of hydrogen-bond donors (Lipinski definition) is 1. The molecule has 1 unspecified atom stereocenters. The number of amides is 2. The zero-order chi connectivity index (χ0) is 14.4. The van der Waals surface area contributed by atoms with Crippen molar-refractivity contribution in [2.75, 3.05) is 4.90 Å². The van der Waals surface area contributed by atoms with Crippen LogP contribution in [0.1, 0.15) is 27.7 Å². The van der Waals surface area contributed by atoms with Crippen molar-refractivity contribution in [2.24, 2.45) is 13.0 Å². The van der Waals surface area contributed by atoms with Crippen molar-refractivity contribution in [1.29, 1.82) is 0 Å². The maximum Gasteiger partial charge on any atom is 0.253 e. The molecule has 1 aromatic rings. The van der Waals surface area contributed by atoms with Gasteiger partial charge in [-0.25, -0.2) is 0 Å². The summed E-state index contributed by atoms with van der Waals surface area (Å²) >= 11 is 0. The molecule has 0 radical (unpaired) electrons. The number of nitrogens with zero attached hydrogens (tertiary/aromatic N) is 3. The van der Waals surface area contributed by atoms with E-state index in [1.807, 2.05) is 13.8 Å². The zero-order valence-electron chi connectivity index (χ0n) is 12.0. The van der Waals surface area contributed by atoms with Crippen LogP contribution in [0.15, 0.2) is 12.4 Å². The van der Waals surface area contributed by atoms with E-state index in [1.165, 1.54) is 0 Å². The third kappa shape index (κ3) is 2.22. The lowest BCUT2D eigenvalue weighted by molar-refractivity contribution is -0.138. The predicted octanol–water partition coefficient (Wildman–Crippen LogP) is 0.686. The molecule has 2 rings (SSSR count). The van der Waals surface area contributed by atoms with Gasteiger partial charge in [-0.15, -0.1) is 0 Å². The Morgan fingerprint density at radius 2 is 2.00 bits per heavy atom. The fourth-order valence-corrected chi connectivity index (χ4v) is 2.39. The topological polar surface area (TPSA) is 67.2 Å². The average molecular weight is 264 g/mol. The number of hydrogen-bond acceptors (Lipinski definition) is 3. The molecule has 0 spiro atoms. The van der Waals surface area contributed by atoms with E-state index in [9.17, 15) is 9.59 Å². The van der Waals surface area contributed by atoms with Crippen molar-refractivity contribution in [1.82, 2.24) is 15.1 Å². The summed E-state index contributed by atoms with van der Waals surface area (Å²) < 4.78 is 1.62. The van der Waals surface area contributed by atoms with Crippen molar-refractivity contribution in [3.8, 4) is 0 Å². The standard InChI is InChI=1S/C13H20N4O2/c1-8(2)10-11(18)15-13(3,4)12(19)17(10)9-6-14-16(5)7-9/h6-8,10H,1-5H3,(H,15,18). The maximum atomic E-state index is 12.6. The summed E-state index contributed by atoms with van der Waals surface area (Å²) in [5.41, 5.74) is -0.229. The van der Waals surface area contributed by atoms with Crippen molar-refractivity contribution in [2.45, 2.75) is 39.3 Å². The van der Waals surface area contributed by atoms with Gasteiger partial charge in [0, 0.05) is 13.2 Å². The number of nitrogens with one attached hydrogen (secondary N) is 1. The molecular formula is C13H20N4O2. The fraction of sp³-hybridized carbons (Fsp3) is 0.615. The molecule has 19 heavy (non-hydrogen) atoms. The minimum Gasteiger partial charge on any atom is -0.340 e. The van der Waals surface area contributed by atoms with Gasteiger partial charge in [0.15, 0.2) is 0 Å². The lowest BCUT2D eigenvalue weighted by Gasteiger charge is -2.43. The first-order chi connectivity index (χ1) is 8.74. The average Bonchev–Trinajstić information content (AvgIpc) is 2.68. The highest BCUT2D eigenvalue weighted by atomic mass is 16.2. The van der Waals surface area contributed by atoms with Gasteiger partial charge in [0.25, 0.3) is 5.91 Å². The van der Waals surface area contributed by atoms with Crippen LogP contribution in [-0.4, -0.2) is 33.2 Å². The molecule has 0 aromatic carbocycles. The van der Waals surface area contributed by atoms with Crippen molar-refractivity contribution in [3.05, 3.63) is 12.4 Å². The van der Waals surface area contributed by atoms with E-state index < -0.39 is 11.6 Å². The Morgan fingerprint density at radius 3 is 2.47 bits per heavy atom. The van der Waals surface area contributed by atoms with Crippen LogP contribution in [0.25, 0.3) is 0 Å². The van der Waals surface area contributed by atoms with Crippen LogP contribution < -0.4 is 10.2 Å². The van der Waals surface area contributed by atoms with Crippen LogP contribution >= 0.6 is 0 Å². The van der Waals surface area contributed by atoms with Gasteiger partial charge < -0.3 is 5.32 Å². The summed E-state index contributed by atoms with van der Waals surface area (Å²) in [6, 6.07) is -0.496. The maximum absolute atomic E-state index is 12.6. The first kappa shape index (κ1) is 13.6. The molecule has 1 atom stereocenters. The normalized spacial score (nSPS) is 22.8. The highest BCUT2D eigenvalue weighted by molar-refractivity contribution is 6.10. The van der Waals surface area contributed by atoms with E-state index in [0.29, 0.717) is 5.69 Å². The van der Waals surface area contributed by atoms with Crippen molar-refractivity contribution < 1.29 is 9.59 Å². The van der Waals surface area contributed by atoms with E-state index >= 15 is 0 Å². The molecule has 1 aromatic heterocycles. The molecule has 2 heterocycles. The van der Waals surface area contributed by atoms with Crippen LogP contribution in [0.5, 0.6) is 0 Å². The zero-order valence-corrected chi connectivity index (χ0v) is 12.0. The molecule has 1 N–H and O–H groups in total. The van der Waals surface area contributed by atoms with Gasteiger partial charge in [-0.3, -0.25) is 19.2 Å². The number of aryl methyl sites for hydroxylation is 1. The van der Waals surface area contributed by atoms with E-state index in [4.69, 9.17) is 0 Å². The Bertz CT molecular complexity index is 518. The largest absolute Gasteiger partial charge is 0.340 e. The van der Waals surface area contributed by atoms with Crippen molar-refractivity contribution >= 4 is 17.5 Å². The van der Waals surface area contributed by atoms with Gasteiger partial charge in [0.05, 0.1) is 11.9 Å². The number of aromatic nitrogens is 2. The minimum atomic E-state index is -0.891. The number of rotatable bonds is 2. The summed E-state index contributed by atoms with van der Waals surface area (Å²) in [6.45, 7) is 7.29. The summed E-state index contributed by atoms with van der Waals surface area (Å²) in [5, 5.41) is 6.87. The second-order valence-corrected chi connectivity index (χ2v) is 5.85.